The van der Waals surface area contributed by atoms with E-state index in [1.165, 1.54) is 23.9 Å². The van der Waals surface area contributed by atoms with Gasteiger partial charge in [-0.25, -0.2) is 4.99 Å². The fourth-order valence-corrected chi connectivity index (χ4v) is 3.00. The third-order valence-corrected chi connectivity index (χ3v) is 4.50. The van der Waals surface area contributed by atoms with Crippen molar-refractivity contribution in [3.05, 3.63) is 53.6 Å². The van der Waals surface area contributed by atoms with Gasteiger partial charge in [0.1, 0.15) is 23.1 Å². The summed E-state index contributed by atoms with van der Waals surface area (Å²) in [5.74, 6) is 0.314. The number of carbonyl (C=O) groups is 1. The van der Waals surface area contributed by atoms with Crippen molar-refractivity contribution >= 4 is 34.1 Å². The Balaban J connectivity index is 1.59. The van der Waals surface area contributed by atoms with E-state index in [1.807, 2.05) is 25.1 Å². The summed E-state index contributed by atoms with van der Waals surface area (Å²) in [5, 5.41) is 3.10. The highest BCUT2D eigenvalue weighted by atomic mass is 32.2. The molecule has 1 amide bonds. The summed E-state index contributed by atoms with van der Waals surface area (Å²) in [4.78, 5) is 16.4. The molecule has 136 valence electrons. The van der Waals surface area contributed by atoms with Gasteiger partial charge in [-0.15, -0.1) is 0 Å². The number of thioether (sulfide) groups is 1. The lowest BCUT2D eigenvalue weighted by molar-refractivity contribution is -0.137. The fourth-order valence-electron chi connectivity index (χ4n) is 2.33. The van der Waals surface area contributed by atoms with E-state index < -0.39 is 17.6 Å². The summed E-state index contributed by atoms with van der Waals surface area (Å²) in [6.07, 6.45) is -4.45. The van der Waals surface area contributed by atoms with Crippen LogP contribution < -0.4 is 10.1 Å². The molecule has 1 heterocycles. The largest absolute Gasteiger partial charge is 0.484 e. The predicted octanol–water partition coefficient (Wildman–Crippen LogP) is 4.81. The van der Waals surface area contributed by atoms with Crippen LogP contribution in [0.25, 0.3) is 0 Å². The first-order valence-electron chi connectivity index (χ1n) is 7.72. The highest BCUT2D eigenvalue weighted by molar-refractivity contribution is 8.14. The smallest absolute Gasteiger partial charge is 0.416 e. The zero-order valence-electron chi connectivity index (χ0n) is 13.8. The number of aryl methyl sites for hydroxylation is 1. The Morgan fingerprint density at radius 3 is 2.85 bits per heavy atom. The summed E-state index contributed by atoms with van der Waals surface area (Å²) in [6, 6.07) is 10.2. The summed E-state index contributed by atoms with van der Waals surface area (Å²) in [6.45, 7) is 2.22. The Kier molecular flexibility index (Phi) is 5.22. The SMILES string of the molecule is Cc1ccc2c(c1)OCC(SCC(=O)Nc1cccc(C(F)(F)F)c1)=N2. The number of rotatable bonds is 3. The van der Waals surface area contributed by atoms with E-state index in [-0.39, 0.29) is 18.0 Å². The average molecular weight is 380 g/mol. The van der Waals surface area contributed by atoms with Gasteiger partial charge in [-0.3, -0.25) is 4.79 Å². The topological polar surface area (TPSA) is 50.7 Å². The highest BCUT2D eigenvalue weighted by Gasteiger charge is 2.30. The number of hydrogen-bond donors (Lipinski definition) is 1. The molecule has 3 rings (SSSR count). The van der Waals surface area contributed by atoms with Gasteiger partial charge in [0.2, 0.25) is 5.91 Å². The minimum absolute atomic E-state index is 0.0274. The maximum atomic E-state index is 12.7. The second-order valence-electron chi connectivity index (χ2n) is 5.68. The van der Waals surface area contributed by atoms with Crippen molar-refractivity contribution in [1.29, 1.82) is 0 Å². The van der Waals surface area contributed by atoms with Gasteiger partial charge in [-0.2, -0.15) is 13.2 Å². The molecule has 1 aliphatic heterocycles. The lowest BCUT2D eigenvalue weighted by Crippen LogP contribution is -2.19. The summed E-state index contributed by atoms with van der Waals surface area (Å²) in [7, 11) is 0. The Morgan fingerprint density at radius 2 is 2.08 bits per heavy atom. The number of nitrogens with one attached hydrogen (secondary N) is 1. The lowest BCUT2D eigenvalue weighted by Gasteiger charge is -2.17. The van der Waals surface area contributed by atoms with Crippen molar-refractivity contribution < 1.29 is 22.7 Å². The maximum Gasteiger partial charge on any atom is 0.416 e. The number of carbonyl (C=O) groups excluding carboxylic acids is 1. The number of amides is 1. The van der Waals surface area contributed by atoms with Gasteiger partial charge in [0, 0.05) is 5.69 Å². The van der Waals surface area contributed by atoms with Crippen LogP contribution in [0.15, 0.2) is 47.5 Å². The monoisotopic (exact) mass is 380 g/mol. The third-order valence-electron chi connectivity index (χ3n) is 3.56. The molecule has 0 unspecified atom stereocenters. The van der Waals surface area contributed by atoms with Gasteiger partial charge >= 0.3 is 6.18 Å². The standard InChI is InChI=1S/C18H15F3N2O2S/c1-11-5-6-14-15(7-11)25-9-17(23-14)26-10-16(24)22-13-4-2-3-12(8-13)18(19,20)21/h2-8H,9-10H2,1H3,(H,22,24). The first-order valence-corrected chi connectivity index (χ1v) is 8.71. The van der Waals surface area contributed by atoms with Gasteiger partial charge in [-0.05, 0) is 42.8 Å². The third kappa shape index (κ3) is 4.57. The van der Waals surface area contributed by atoms with Crippen LogP contribution in [0.5, 0.6) is 5.75 Å². The normalized spacial score (nSPS) is 13.5. The van der Waals surface area contributed by atoms with Crippen LogP contribution >= 0.6 is 11.8 Å². The number of aliphatic imine (C=N–C) groups is 1. The summed E-state index contributed by atoms with van der Waals surface area (Å²) >= 11 is 1.19. The molecular weight excluding hydrogens is 365 g/mol. The van der Waals surface area contributed by atoms with Crippen molar-refractivity contribution in [2.45, 2.75) is 13.1 Å². The minimum Gasteiger partial charge on any atom is -0.484 e. The molecule has 0 spiro atoms. The average Bonchev–Trinajstić information content (AvgIpc) is 2.59. The minimum atomic E-state index is -4.45. The van der Waals surface area contributed by atoms with Gasteiger partial charge in [0.25, 0.3) is 0 Å². The molecule has 0 bridgehead atoms. The molecule has 0 atom stereocenters. The molecule has 8 heteroatoms. The zero-order chi connectivity index (χ0) is 18.7. The van der Waals surface area contributed by atoms with E-state index in [4.69, 9.17) is 4.74 Å². The molecule has 0 aliphatic carbocycles. The van der Waals surface area contributed by atoms with Crippen LogP contribution in [0.2, 0.25) is 0 Å². The van der Waals surface area contributed by atoms with Crippen LogP contribution in [0, 0.1) is 6.92 Å². The second kappa shape index (κ2) is 7.41. The van der Waals surface area contributed by atoms with E-state index in [9.17, 15) is 18.0 Å². The zero-order valence-corrected chi connectivity index (χ0v) is 14.6. The molecule has 0 aromatic heterocycles. The van der Waals surface area contributed by atoms with E-state index in [0.29, 0.717) is 16.5 Å². The van der Waals surface area contributed by atoms with Gasteiger partial charge in [0.15, 0.2) is 0 Å². The van der Waals surface area contributed by atoms with Crippen molar-refractivity contribution in [2.24, 2.45) is 4.99 Å². The van der Waals surface area contributed by atoms with Crippen molar-refractivity contribution in [3.8, 4) is 5.75 Å². The summed E-state index contributed by atoms with van der Waals surface area (Å²) in [5.41, 5.74) is 1.06. The van der Waals surface area contributed by atoms with E-state index in [0.717, 1.165) is 17.7 Å². The Bertz CT molecular complexity index is 866. The lowest BCUT2D eigenvalue weighted by atomic mass is 10.2. The quantitative estimate of drug-likeness (QED) is 0.832. The number of benzene rings is 2. The van der Waals surface area contributed by atoms with Crippen LogP contribution in [0.1, 0.15) is 11.1 Å². The number of ether oxygens (including phenoxy) is 1. The van der Waals surface area contributed by atoms with Crippen molar-refractivity contribution in [1.82, 2.24) is 0 Å². The molecule has 0 fully saturated rings. The highest BCUT2D eigenvalue weighted by Crippen LogP contribution is 2.33. The molecule has 26 heavy (non-hydrogen) atoms. The number of halogens is 3. The Labute approximate surface area is 152 Å². The Hall–Kier alpha value is -2.48. The number of fused-ring (bicyclic) bond motifs is 1. The predicted molar refractivity (Wildman–Crippen MR) is 96.3 cm³/mol. The molecule has 2 aromatic rings. The van der Waals surface area contributed by atoms with Crippen LogP contribution in [0.3, 0.4) is 0 Å². The molecule has 0 radical (unpaired) electrons. The fraction of sp³-hybridized carbons (Fsp3) is 0.222. The van der Waals surface area contributed by atoms with E-state index >= 15 is 0 Å². The molecule has 1 N–H and O–H groups in total. The van der Waals surface area contributed by atoms with Crippen molar-refractivity contribution in [2.75, 3.05) is 17.7 Å². The van der Waals surface area contributed by atoms with Gasteiger partial charge in [-0.1, -0.05) is 23.9 Å². The van der Waals surface area contributed by atoms with E-state index in [1.54, 1.807) is 0 Å². The number of alkyl halides is 3. The number of anilines is 1. The number of nitrogens with zero attached hydrogens (tertiary/aromatic N) is 1. The van der Waals surface area contributed by atoms with Crippen LogP contribution in [0.4, 0.5) is 24.5 Å². The van der Waals surface area contributed by atoms with Crippen LogP contribution in [-0.2, 0) is 11.0 Å². The second-order valence-corrected chi connectivity index (χ2v) is 6.73. The number of hydrogen-bond acceptors (Lipinski definition) is 4. The van der Waals surface area contributed by atoms with Crippen LogP contribution in [-0.4, -0.2) is 23.3 Å². The molecule has 0 saturated heterocycles. The van der Waals surface area contributed by atoms with E-state index in [2.05, 4.69) is 10.3 Å². The molecule has 2 aromatic carbocycles. The van der Waals surface area contributed by atoms with Gasteiger partial charge in [0.05, 0.1) is 11.3 Å². The Morgan fingerprint density at radius 1 is 1.27 bits per heavy atom. The maximum absolute atomic E-state index is 12.7. The van der Waals surface area contributed by atoms with Gasteiger partial charge < -0.3 is 10.1 Å². The molecule has 4 nitrogen and oxygen atoms in total. The molecule has 1 aliphatic rings. The molecule has 0 saturated carbocycles. The first-order chi connectivity index (χ1) is 12.3. The summed E-state index contributed by atoms with van der Waals surface area (Å²) < 4.78 is 43.7. The first kappa shape index (κ1) is 18.3. The molecular formula is C18H15F3N2O2S. The van der Waals surface area contributed by atoms with Crippen molar-refractivity contribution in [3.63, 3.8) is 0 Å².